The van der Waals surface area contributed by atoms with Gasteiger partial charge in [0.1, 0.15) is 5.69 Å². The van der Waals surface area contributed by atoms with E-state index in [2.05, 4.69) is 10.3 Å². The van der Waals surface area contributed by atoms with E-state index in [-0.39, 0.29) is 30.3 Å². The Kier molecular flexibility index (Phi) is 6.32. The molecular weight excluding hydrogens is 304 g/mol. The molecule has 0 radical (unpaired) electrons. The third-order valence-electron chi connectivity index (χ3n) is 3.70. The number of nitrogens with one attached hydrogen (secondary N) is 1. The predicted molar refractivity (Wildman–Crippen MR) is 87.6 cm³/mol. The molecule has 0 aromatic carbocycles. The Bertz CT molecular complexity index is 562. The molecule has 122 valence electrons. The molecule has 1 aromatic rings. The van der Waals surface area contributed by atoms with Gasteiger partial charge in [-0.2, -0.15) is 0 Å². The highest BCUT2D eigenvalue weighted by Gasteiger charge is 2.25. The molecular formula is C15H23ClN4O2. The number of pyridine rings is 1. The van der Waals surface area contributed by atoms with Gasteiger partial charge in [0.15, 0.2) is 0 Å². The van der Waals surface area contributed by atoms with Crippen LogP contribution in [0, 0.1) is 6.92 Å². The lowest BCUT2D eigenvalue weighted by atomic mass is 10.1. The third-order valence-corrected chi connectivity index (χ3v) is 3.70. The van der Waals surface area contributed by atoms with E-state index >= 15 is 0 Å². The zero-order chi connectivity index (χ0) is 15.6. The van der Waals surface area contributed by atoms with E-state index in [0.717, 1.165) is 13.1 Å². The highest BCUT2D eigenvalue weighted by molar-refractivity contribution is 5.97. The summed E-state index contributed by atoms with van der Waals surface area (Å²) in [4.78, 5) is 32.1. The molecule has 7 heteroatoms. The van der Waals surface area contributed by atoms with Crippen molar-refractivity contribution in [3.05, 3.63) is 29.1 Å². The van der Waals surface area contributed by atoms with Crippen molar-refractivity contribution in [3.8, 4) is 0 Å². The summed E-state index contributed by atoms with van der Waals surface area (Å²) >= 11 is 0. The number of carbonyl (C=O) groups excluding carboxylic acids is 2. The maximum absolute atomic E-state index is 12.6. The van der Waals surface area contributed by atoms with E-state index in [1.807, 2.05) is 11.8 Å². The minimum Gasteiger partial charge on any atom is -0.343 e. The largest absolute Gasteiger partial charge is 0.343 e. The molecule has 1 atom stereocenters. The van der Waals surface area contributed by atoms with E-state index in [0.29, 0.717) is 23.5 Å². The summed E-state index contributed by atoms with van der Waals surface area (Å²) in [5, 5.41) is 3.26. The fraction of sp³-hybridized carbons (Fsp3) is 0.533. The van der Waals surface area contributed by atoms with E-state index in [9.17, 15) is 9.59 Å². The number of amides is 2. The Balaban J connectivity index is 0.00000242. The lowest BCUT2D eigenvalue weighted by Gasteiger charge is -2.34. The smallest absolute Gasteiger partial charge is 0.271 e. The van der Waals surface area contributed by atoms with Gasteiger partial charge in [0, 0.05) is 39.8 Å². The lowest BCUT2D eigenvalue weighted by Crippen LogP contribution is -2.52. The Labute approximate surface area is 137 Å². The number of hydrogen-bond donors (Lipinski definition) is 1. The van der Waals surface area contributed by atoms with Crippen LogP contribution < -0.4 is 5.32 Å². The van der Waals surface area contributed by atoms with Crippen molar-refractivity contribution in [2.24, 2.45) is 0 Å². The third kappa shape index (κ3) is 3.75. The summed E-state index contributed by atoms with van der Waals surface area (Å²) in [5.74, 6) is -0.175. The molecule has 1 aliphatic rings. The Morgan fingerprint density at radius 1 is 1.36 bits per heavy atom. The van der Waals surface area contributed by atoms with Gasteiger partial charge in [-0.25, -0.2) is 4.98 Å². The van der Waals surface area contributed by atoms with Gasteiger partial charge in [-0.05, 0) is 26.0 Å². The number of halogens is 1. The minimum atomic E-state index is -0.160. The zero-order valence-electron chi connectivity index (χ0n) is 13.4. The van der Waals surface area contributed by atoms with Gasteiger partial charge < -0.3 is 15.1 Å². The molecule has 1 aliphatic heterocycles. The quantitative estimate of drug-likeness (QED) is 0.878. The van der Waals surface area contributed by atoms with Gasteiger partial charge >= 0.3 is 0 Å². The molecule has 22 heavy (non-hydrogen) atoms. The summed E-state index contributed by atoms with van der Waals surface area (Å²) in [5.41, 5.74) is 1.53. The molecule has 1 aromatic heterocycles. The van der Waals surface area contributed by atoms with Crippen LogP contribution in [0.2, 0.25) is 0 Å². The molecule has 2 amide bonds. The maximum atomic E-state index is 12.6. The predicted octanol–water partition coefficient (Wildman–Crippen LogP) is 0.948. The van der Waals surface area contributed by atoms with Crippen molar-refractivity contribution < 1.29 is 9.59 Å². The van der Waals surface area contributed by atoms with Crippen molar-refractivity contribution in [2.75, 3.05) is 33.7 Å². The fourth-order valence-corrected chi connectivity index (χ4v) is 2.43. The molecule has 2 heterocycles. The molecule has 1 fully saturated rings. The summed E-state index contributed by atoms with van der Waals surface area (Å²) < 4.78 is 0. The number of aryl methyl sites for hydroxylation is 1. The van der Waals surface area contributed by atoms with Crippen molar-refractivity contribution in [3.63, 3.8) is 0 Å². The fourth-order valence-electron chi connectivity index (χ4n) is 2.43. The standard InChI is InChI=1S/C15H22N4O2.ClH/c1-10-9-16-7-8-19(10)14(20)12-5-6-13(17-11(12)2)15(21)18(3)4;/h5-6,10,16H,7-9H2,1-4H3;1H/t10-;/m0./s1. The van der Waals surface area contributed by atoms with Crippen LogP contribution in [-0.4, -0.2) is 66.4 Å². The first-order valence-corrected chi connectivity index (χ1v) is 7.12. The average Bonchev–Trinajstić information content (AvgIpc) is 2.46. The van der Waals surface area contributed by atoms with Crippen LogP contribution in [0.3, 0.4) is 0 Å². The lowest BCUT2D eigenvalue weighted by molar-refractivity contribution is 0.0653. The van der Waals surface area contributed by atoms with E-state index in [4.69, 9.17) is 0 Å². The highest BCUT2D eigenvalue weighted by atomic mass is 35.5. The summed E-state index contributed by atoms with van der Waals surface area (Å²) in [6.07, 6.45) is 0. The molecule has 0 spiro atoms. The number of piperazine rings is 1. The van der Waals surface area contributed by atoms with Crippen LogP contribution in [0.25, 0.3) is 0 Å². The highest BCUT2D eigenvalue weighted by Crippen LogP contribution is 2.14. The van der Waals surface area contributed by atoms with E-state index < -0.39 is 0 Å². The molecule has 1 saturated heterocycles. The van der Waals surface area contributed by atoms with E-state index in [1.165, 1.54) is 4.90 Å². The Morgan fingerprint density at radius 2 is 2.05 bits per heavy atom. The number of nitrogens with zero attached hydrogens (tertiary/aromatic N) is 3. The van der Waals surface area contributed by atoms with Gasteiger partial charge in [-0.1, -0.05) is 0 Å². The molecule has 0 saturated carbocycles. The molecule has 0 unspecified atom stereocenters. The van der Waals surface area contributed by atoms with Crippen LogP contribution in [0.5, 0.6) is 0 Å². The van der Waals surface area contributed by atoms with Crippen molar-refractivity contribution in [1.29, 1.82) is 0 Å². The van der Waals surface area contributed by atoms with Crippen LogP contribution in [0.1, 0.15) is 33.5 Å². The Hall–Kier alpha value is -1.66. The van der Waals surface area contributed by atoms with Crippen molar-refractivity contribution in [1.82, 2.24) is 20.1 Å². The molecule has 0 aliphatic carbocycles. The second-order valence-corrected chi connectivity index (χ2v) is 5.58. The van der Waals surface area contributed by atoms with Gasteiger partial charge in [0.05, 0.1) is 11.3 Å². The SMILES string of the molecule is Cc1nc(C(=O)N(C)C)ccc1C(=O)N1CCNC[C@@H]1C.Cl. The van der Waals surface area contributed by atoms with Crippen LogP contribution in [0.15, 0.2) is 12.1 Å². The van der Waals surface area contributed by atoms with Gasteiger partial charge in [0.2, 0.25) is 0 Å². The minimum absolute atomic E-state index is 0. The first-order chi connectivity index (χ1) is 9.91. The number of aromatic nitrogens is 1. The van der Waals surface area contributed by atoms with Gasteiger partial charge in [-0.3, -0.25) is 9.59 Å². The monoisotopic (exact) mass is 326 g/mol. The summed E-state index contributed by atoms with van der Waals surface area (Å²) in [7, 11) is 3.36. The topological polar surface area (TPSA) is 65.5 Å². The van der Waals surface area contributed by atoms with Crippen LogP contribution in [-0.2, 0) is 0 Å². The first-order valence-electron chi connectivity index (χ1n) is 7.12. The summed E-state index contributed by atoms with van der Waals surface area (Å²) in [6, 6.07) is 3.49. The summed E-state index contributed by atoms with van der Waals surface area (Å²) in [6.45, 7) is 6.09. The second kappa shape index (κ2) is 7.56. The van der Waals surface area contributed by atoms with Gasteiger partial charge in [-0.15, -0.1) is 12.4 Å². The Morgan fingerprint density at radius 3 is 2.59 bits per heavy atom. The number of carbonyl (C=O) groups is 2. The van der Waals surface area contributed by atoms with Crippen molar-refractivity contribution in [2.45, 2.75) is 19.9 Å². The number of hydrogen-bond acceptors (Lipinski definition) is 4. The molecule has 6 nitrogen and oxygen atoms in total. The molecule has 1 N–H and O–H groups in total. The van der Waals surface area contributed by atoms with Gasteiger partial charge in [0.25, 0.3) is 11.8 Å². The number of rotatable bonds is 2. The first kappa shape index (κ1) is 18.4. The van der Waals surface area contributed by atoms with E-state index in [1.54, 1.807) is 33.2 Å². The molecule has 0 bridgehead atoms. The second-order valence-electron chi connectivity index (χ2n) is 5.58. The normalized spacial score (nSPS) is 17.6. The molecule has 2 rings (SSSR count). The van der Waals surface area contributed by atoms with Crippen LogP contribution >= 0.6 is 12.4 Å². The maximum Gasteiger partial charge on any atom is 0.271 e. The van der Waals surface area contributed by atoms with Crippen molar-refractivity contribution >= 4 is 24.2 Å². The van der Waals surface area contributed by atoms with Crippen LogP contribution in [0.4, 0.5) is 0 Å². The average molecular weight is 327 g/mol. The zero-order valence-corrected chi connectivity index (χ0v) is 14.2.